The van der Waals surface area contributed by atoms with Crippen molar-refractivity contribution < 1.29 is 19.2 Å². The van der Waals surface area contributed by atoms with E-state index in [0.717, 1.165) is 6.04 Å². The fraction of sp³-hybridized carbons (Fsp3) is 0.583. The third kappa shape index (κ3) is 6.61. The fourth-order valence-electron chi connectivity index (χ4n) is 4.58. The van der Waals surface area contributed by atoms with Crippen LogP contribution < -0.4 is 15.5 Å². The molecule has 1 aromatic rings. The molecular weight excluding hydrogens is 422 g/mol. The molecule has 2 N–H and O–H groups in total. The summed E-state index contributed by atoms with van der Waals surface area (Å²) in [6.07, 6.45) is 3.53. The van der Waals surface area contributed by atoms with Crippen molar-refractivity contribution in [3.05, 3.63) is 29.3 Å². The molecule has 1 atom stereocenters. The lowest BCUT2D eigenvalue weighted by atomic mass is 10.0. The van der Waals surface area contributed by atoms with E-state index in [2.05, 4.69) is 47.2 Å². The standard InChI is InChI=1S/C17H27N3.C7H8N2O4/c1-14-3-4-17(13-15(14)2)20-11-9-19(10-12-20)16-5-7-18-8-6-16;10-3-9(4-11)5-1-2-6(12)8-7(5)13/h3-4,13,16,18H,5-12H2,1-2H3;3-5H,1-2H2,(H,8,12,13). The predicted octanol–water partition coefficient (Wildman–Crippen LogP) is 0.584. The van der Waals surface area contributed by atoms with Crippen LogP contribution in [-0.4, -0.2) is 85.8 Å². The molecule has 9 heteroatoms. The van der Waals surface area contributed by atoms with Crippen LogP contribution in [0, 0.1) is 13.8 Å². The van der Waals surface area contributed by atoms with Gasteiger partial charge in [0.1, 0.15) is 6.04 Å². The Kier molecular flexibility index (Phi) is 8.96. The maximum atomic E-state index is 11.1. The number of nitrogens with zero attached hydrogens (tertiary/aromatic N) is 3. The quantitative estimate of drug-likeness (QED) is 0.493. The molecule has 180 valence electrons. The van der Waals surface area contributed by atoms with Crippen molar-refractivity contribution in [3.63, 3.8) is 0 Å². The number of piperazine rings is 1. The molecule has 3 aliphatic rings. The zero-order valence-electron chi connectivity index (χ0n) is 19.6. The molecule has 9 nitrogen and oxygen atoms in total. The Morgan fingerprint density at radius 2 is 1.61 bits per heavy atom. The Morgan fingerprint density at radius 1 is 0.939 bits per heavy atom. The molecule has 4 amide bonds. The highest BCUT2D eigenvalue weighted by atomic mass is 16.2. The maximum Gasteiger partial charge on any atom is 0.249 e. The molecule has 0 aliphatic carbocycles. The number of rotatable bonds is 5. The third-order valence-electron chi connectivity index (χ3n) is 6.81. The van der Waals surface area contributed by atoms with Crippen molar-refractivity contribution in [2.45, 2.75) is 51.6 Å². The van der Waals surface area contributed by atoms with Gasteiger partial charge in [0.2, 0.25) is 24.6 Å². The van der Waals surface area contributed by atoms with Crippen molar-refractivity contribution in [2.24, 2.45) is 0 Å². The second-order valence-corrected chi connectivity index (χ2v) is 8.90. The molecule has 33 heavy (non-hydrogen) atoms. The fourth-order valence-corrected chi connectivity index (χ4v) is 4.58. The summed E-state index contributed by atoms with van der Waals surface area (Å²) >= 11 is 0. The van der Waals surface area contributed by atoms with Crippen molar-refractivity contribution in [1.82, 2.24) is 20.4 Å². The van der Waals surface area contributed by atoms with Crippen molar-refractivity contribution in [2.75, 3.05) is 44.2 Å². The summed E-state index contributed by atoms with van der Waals surface area (Å²) in [4.78, 5) is 48.3. The highest BCUT2D eigenvalue weighted by molar-refractivity contribution is 6.01. The van der Waals surface area contributed by atoms with Crippen molar-refractivity contribution >= 4 is 30.3 Å². The molecule has 0 spiro atoms. The van der Waals surface area contributed by atoms with Gasteiger partial charge in [0.15, 0.2) is 0 Å². The van der Waals surface area contributed by atoms with Crippen LogP contribution in [0.3, 0.4) is 0 Å². The second kappa shape index (κ2) is 11.9. The summed E-state index contributed by atoms with van der Waals surface area (Å²) in [5.41, 5.74) is 4.20. The predicted molar refractivity (Wildman–Crippen MR) is 126 cm³/mol. The number of piperidine rings is 2. The molecule has 1 unspecified atom stereocenters. The van der Waals surface area contributed by atoms with Gasteiger partial charge >= 0.3 is 0 Å². The van der Waals surface area contributed by atoms with E-state index >= 15 is 0 Å². The van der Waals surface area contributed by atoms with E-state index in [1.165, 1.54) is 68.9 Å². The third-order valence-corrected chi connectivity index (χ3v) is 6.81. The van der Waals surface area contributed by atoms with Crippen LogP contribution in [0.2, 0.25) is 0 Å². The van der Waals surface area contributed by atoms with Crippen LogP contribution in [0.4, 0.5) is 5.69 Å². The van der Waals surface area contributed by atoms with Crippen LogP contribution in [0.25, 0.3) is 0 Å². The summed E-state index contributed by atoms with van der Waals surface area (Å²) in [6.45, 7) is 11.6. The molecule has 0 radical (unpaired) electrons. The Labute approximate surface area is 195 Å². The van der Waals surface area contributed by atoms with Gasteiger partial charge < -0.3 is 10.2 Å². The van der Waals surface area contributed by atoms with Crippen LogP contribution in [0.5, 0.6) is 0 Å². The number of benzene rings is 1. The number of amides is 4. The lowest BCUT2D eigenvalue weighted by molar-refractivity contribution is -0.145. The summed E-state index contributed by atoms with van der Waals surface area (Å²) in [5, 5.41) is 5.50. The van der Waals surface area contributed by atoms with Gasteiger partial charge in [0.25, 0.3) is 0 Å². The van der Waals surface area contributed by atoms with Crippen molar-refractivity contribution in [1.29, 1.82) is 0 Å². The zero-order valence-corrected chi connectivity index (χ0v) is 19.6. The minimum Gasteiger partial charge on any atom is -0.369 e. The number of anilines is 1. The number of carbonyl (C=O) groups is 4. The summed E-state index contributed by atoms with van der Waals surface area (Å²) in [7, 11) is 0. The summed E-state index contributed by atoms with van der Waals surface area (Å²) in [6, 6.07) is 6.85. The second-order valence-electron chi connectivity index (χ2n) is 8.90. The van der Waals surface area contributed by atoms with Gasteiger partial charge in [0, 0.05) is 44.3 Å². The lowest BCUT2D eigenvalue weighted by Crippen LogP contribution is -2.52. The number of carbonyl (C=O) groups excluding carboxylic acids is 4. The number of aryl methyl sites for hydroxylation is 2. The number of hydrogen-bond acceptors (Lipinski definition) is 7. The minimum absolute atomic E-state index is 0.147. The first kappa shape index (κ1) is 24.9. The van der Waals surface area contributed by atoms with E-state index in [0.29, 0.717) is 4.90 Å². The maximum absolute atomic E-state index is 11.1. The van der Waals surface area contributed by atoms with Gasteiger partial charge in [-0.2, -0.15) is 0 Å². The van der Waals surface area contributed by atoms with Gasteiger partial charge in [-0.3, -0.25) is 34.3 Å². The topological polar surface area (TPSA) is 102 Å². The van der Waals surface area contributed by atoms with Crippen LogP contribution >= 0.6 is 0 Å². The first-order valence-corrected chi connectivity index (χ1v) is 11.7. The average molecular weight is 458 g/mol. The highest BCUT2D eigenvalue weighted by Gasteiger charge is 2.30. The van der Waals surface area contributed by atoms with E-state index in [1.54, 1.807) is 0 Å². The van der Waals surface area contributed by atoms with Gasteiger partial charge in [-0.05, 0) is 69.5 Å². The number of nitrogens with one attached hydrogen (secondary N) is 2. The smallest absolute Gasteiger partial charge is 0.249 e. The Hall–Kier alpha value is -2.78. The summed E-state index contributed by atoms with van der Waals surface area (Å²) < 4.78 is 0. The van der Waals surface area contributed by atoms with E-state index in [9.17, 15) is 19.2 Å². The Bertz CT molecular complexity index is 839. The molecule has 3 heterocycles. The van der Waals surface area contributed by atoms with E-state index in [4.69, 9.17) is 0 Å². The average Bonchev–Trinajstić information content (AvgIpc) is 2.84. The normalized spacial score (nSPS) is 22.1. The zero-order chi connectivity index (χ0) is 23.8. The molecule has 3 saturated heterocycles. The Balaban J connectivity index is 0.000000205. The van der Waals surface area contributed by atoms with Gasteiger partial charge in [0.05, 0.1) is 0 Å². The van der Waals surface area contributed by atoms with Gasteiger partial charge in [-0.25, -0.2) is 0 Å². The van der Waals surface area contributed by atoms with E-state index < -0.39 is 11.9 Å². The number of hydrogen-bond donors (Lipinski definition) is 2. The van der Waals surface area contributed by atoms with E-state index in [-0.39, 0.29) is 31.6 Å². The highest BCUT2D eigenvalue weighted by Crippen LogP contribution is 2.22. The largest absolute Gasteiger partial charge is 0.369 e. The molecule has 0 bridgehead atoms. The number of imide groups is 2. The van der Waals surface area contributed by atoms with Crippen LogP contribution in [0.15, 0.2) is 18.2 Å². The van der Waals surface area contributed by atoms with Crippen LogP contribution in [-0.2, 0) is 19.2 Å². The SMILES string of the molecule is Cc1ccc(N2CCN(C3CCNCC3)CC2)cc1C.O=CN(C=O)C1CCC(=O)NC1=O. The van der Waals surface area contributed by atoms with Crippen LogP contribution in [0.1, 0.15) is 36.8 Å². The lowest BCUT2D eigenvalue weighted by Gasteiger charge is -2.41. The molecule has 4 rings (SSSR count). The molecule has 3 aliphatic heterocycles. The minimum atomic E-state index is -0.840. The molecule has 1 aromatic carbocycles. The summed E-state index contributed by atoms with van der Waals surface area (Å²) in [5.74, 6) is -0.978. The molecule has 3 fully saturated rings. The van der Waals surface area contributed by atoms with E-state index in [1.807, 2.05) is 5.32 Å². The van der Waals surface area contributed by atoms with Gasteiger partial charge in [-0.15, -0.1) is 0 Å². The first-order chi connectivity index (χ1) is 15.9. The first-order valence-electron chi connectivity index (χ1n) is 11.7. The van der Waals surface area contributed by atoms with Gasteiger partial charge in [-0.1, -0.05) is 6.07 Å². The van der Waals surface area contributed by atoms with Crippen molar-refractivity contribution in [3.8, 4) is 0 Å². The molecular formula is C24H35N5O4. The molecule has 0 aromatic heterocycles. The monoisotopic (exact) mass is 457 g/mol. The molecule has 0 saturated carbocycles. The Morgan fingerprint density at radius 3 is 2.18 bits per heavy atom.